The van der Waals surface area contributed by atoms with Crippen molar-refractivity contribution in [3.8, 4) is 0 Å². The molecular formula is C12H21ClN2O2. The van der Waals surface area contributed by atoms with Crippen LogP contribution in [0.5, 0.6) is 0 Å². The summed E-state index contributed by atoms with van der Waals surface area (Å²) >= 11 is 0. The number of carbonyl (C=O) groups excluding carboxylic acids is 1. The molecule has 3 atom stereocenters. The maximum Gasteiger partial charge on any atom is 0.226 e. The Kier molecular flexibility index (Phi) is 3.95. The molecule has 98 valence electrons. The van der Waals surface area contributed by atoms with Crippen molar-refractivity contribution >= 4 is 18.3 Å². The van der Waals surface area contributed by atoms with Gasteiger partial charge < -0.3 is 15.4 Å². The molecule has 2 aliphatic carbocycles. The van der Waals surface area contributed by atoms with Crippen molar-refractivity contribution in [2.24, 2.45) is 23.5 Å². The standard InChI is InChI=1S/C12H20N2O2.ClH/c13-6-8-7-14(4-5-16-8)12(15)11-9-2-1-3-10(9)11;/h8-11H,1-7,13H2;1H. The van der Waals surface area contributed by atoms with Crippen LogP contribution in [0.15, 0.2) is 0 Å². The first kappa shape index (κ1) is 13.1. The van der Waals surface area contributed by atoms with E-state index in [4.69, 9.17) is 10.5 Å². The second-order valence-electron chi connectivity index (χ2n) is 5.30. The molecule has 0 aromatic heterocycles. The van der Waals surface area contributed by atoms with E-state index in [-0.39, 0.29) is 18.5 Å². The van der Waals surface area contributed by atoms with E-state index in [0.717, 1.165) is 6.54 Å². The zero-order valence-electron chi connectivity index (χ0n) is 10.0. The van der Waals surface area contributed by atoms with E-state index in [9.17, 15) is 4.79 Å². The second kappa shape index (κ2) is 5.12. The van der Waals surface area contributed by atoms with Crippen molar-refractivity contribution in [2.75, 3.05) is 26.2 Å². The van der Waals surface area contributed by atoms with Gasteiger partial charge in [-0.05, 0) is 24.7 Å². The maximum atomic E-state index is 12.3. The highest BCUT2D eigenvalue weighted by Crippen LogP contribution is 2.58. The van der Waals surface area contributed by atoms with Gasteiger partial charge in [-0.2, -0.15) is 0 Å². The molecule has 17 heavy (non-hydrogen) atoms. The van der Waals surface area contributed by atoms with Crippen LogP contribution >= 0.6 is 12.4 Å². The molecule has 3 unspecified atom stereocenters. The van der Waals surface area contributed by atoms with Crippen LogP contribution in [-0.2, 0) is 9.53 Å². The van der Waals surface area contributed by atoms with Gasteiger partial charge in [0.1, 0.15) is 0 Å². The molecule has 1 amide bonds. The van der Waals surface area contributed by atoms with Crippen molar-refractivity contribution in [2.45, 2.75) is 25.4 Å². The van der Waals surface area contributed by atoms with Gasteiger partial charge in [-0.15, -0.1) is 12.4 Å². The van der Waals surface area contributed by atoms with Gasteiger partial charge in [0.25, 0.3) is 0 Å². The molecule has 4 nitrogen and oxygen atoms in total. The molecule has 1 heterocycles. The molecule has 1 saturated heterocycles. The molecule has 0 aromatic rings. The van der Waals surface area contributed by atoms with E-state index in [1.165, 1.54) is 19.3 Å². The van der Waals surface area contributed by atoms with E-state index >= 15 is 0 Å². The molecule has 2 saturated carbocycles. The fraction of sp³-hybridized carbons (Fsp3) is 0.917. The molecule has 5 heteroatoms. The van der Waals surface area contributed by atoms with Gasteiger partial charge in [0, 0.05) is 25.6 Å². The van der Waals surface area contributed by atoms with Gasteiger partial charge in [0.15, 0.2) is 0 Å². The zero-order valence-corrected chi connectivity index (χ0v) is 10.8. The lowest BCUT2D eigenvalue weighted by Gasteiger charge is -2.32. The Morgan fingerprint density at radius 3 is 2.71 bits per heavy atom. The molecule has 0 radical (unpaired) electrons. The van der Waals surface area contributed by atoms with E-state index < -0.39 is 0 Å². The number of amides is 1. The minimum atomic E-state index is 0. The van der Waals surface area contributed by atoms with E-state index in [1.807, 2.05) is 4.90 Å². The first-order chi connectivity index (χ1) is 7.81. The van der Waals surface area contributed by atoms with Gasteiger partial charge in [0.2, 0.25) is 5.91 Å². The summed E-state index contributed by atoms with van der Waals surface area (Å²) in [4.78, 5) is 14.2. The highest BCUT2D eigenvalue weighted by atomic mass is 35.5. The fourth-order valence-corrected chi connectivity index (χ4v) is 3.46. The third kappa shape index (κ3) is 2.30. The van der Waals surface area contributed by atoms with E-state index in [0.29, 0.717) is 43.4 Å². The number of carbonyl (C=O) groups is 1. The van der Waals surface area contributed by atoms with E-state index in [2.05, 4.69) is 0 Å². The lowest BCUT2D eigenvalue weighted by Crippen LogP contribution is -2.49. The minimum Gasteiger partial charge on any atom is -0.373 e. The molecule has 2 N–H and O–H groups in total. The number of hydrogen-bond acceptors (Lipinski definition) is 3. The molecule has 1 aliphatic heterocycles. The Hall–Kier alpha value is -0.320. The highest BCUT2D eigenvalue weighted by Gasteiger charge is 2.57. The Bertz CT molecular complexity index is 290. The van der Waals surface area contributed by atoms with Crippen LogP contribution in [0.25, 0.3) is 0 Å². The van der Waals surface area contributed by atoms with Crippen LogP contribution in [0.3, 0.4) is 0 Å². The summed E-state index contributed by atoms with van der Waals surface area (Å²) < 4.78 is 5.48. The Balaban J connectivity index is 0.00000108. The number of morpholine rings is 1. The molecule has 0 aromatic carbocycles. The highest BCUT2D eigenvalue weighted by molar-refractivity contribution is 5.85. The molecule has 0 bridgehead atoms. The number of nitrogens with two attached hydrogens (primary N) is 1. The van der Waals surface area contributed by atoms with Crippen LogP contribution in [0.2, 0.25) is 0 Å². The normalized spacial score (nSPS) is 39.5. The van der Waals surface area contributed by atoms with Gasteiger partial charge >= 0.3 is 0 Å². The second-order valence-corrected chi connectivity index (χ2v) is 5.30. The quantitative estimate of drug-likeness (QED) is 0.793. The topological polar surface area (TPSA) is 55.6 Å². The average Bonchev–Trinajstić information content (AvgIpc) is 2.81. The summed E-state index contributed by atoms with van der Waals surface area (Å²) in [5.41, 5.74) is 5.59. The van der Waals surface area contributed by atoms with E-state index in [1.54, 1.807) is 0 Å². The number of fused-ring (bicyclic) bond motifs is 1. The molecule has 3 fully saturated rings. The largest absolute Gasteiger partial charge is 0.373 e. The third-order valence-electron chi connectivity index (χ3n) is 4.41. The first-order valence-electron chi connectivity index (χ1n) is 6.41. The Morgan fingerprint density at radius 2 is 2.06 bits per heavy atom. The van der Waals surface area contributed by atoms with Gasteiger partial charge in [-0.1, -0.05) is 6.42 Å². The summed E-state index contributed by atoms with van der Waals surface area (Å²) in [6.45, 7) is 2.62. The number of nitrogens with zero attached hydrogens (tertiary/aromatic N) is 1. The van der Waals surface area contributed by atoms with Crippen molar-refractivity contribution in [1.29, 1.82) is 0 Å². The SMILES string of the molecule is Cl.NCC1CN(C(=O)C2C3CCCC32)CCO1. The molecule has 3 aliphatic rings. The lowest BCUT2D eigenvalue weighted by molar-refractivity contribution is -0.140. The summed E-state index contributed by atoms with van der Waals surface area (Å²) in [6, 6.07) is 0. The van der Waals surface area contributed by atoms with Crippen molar-refractivity contribution in [3.63, 3.8) is 0 Å². The average molecular weight is 261 g/mol. The van der Waals surface area contributed by atoms with Gasteiger partial charge in [-0.25, -0.2) is 0 Å². The lowest BCUT2D eigenvalue weighted by atomic mass is 10.1. The number of rotatable bonds is 2. The summed E-state index contributed by atoms with van der Waals surface area (Å²) in [5, 5.41) is 0. The summed E-state index contributed by atoms with van der Waals surface area (Å²) in [5.74, 6) is 2.15. The van der Waals surface area contributed by atoms with Crippen molar-refractivity contribution in [3.05, 3.63) is 0 Å². The van der Waals surface area contributed by atoms with Crippen LogP contribution in [-0.4, -0.2) is 43.2 Å². The summed E-state index contributed by atoms with van der Waals surface area (Å²) in [6.07, 6.45) is 3.92. The van der Waals surface area contributed by atoms with Crippen molar-refractivity contribution in [1.82, 2.24) is 4.90 Å². The number of halogens is 1. The molecule has 3 rings (SSSR count). The predicted octanol–water partition coefficient (Wildman–Crippen LogP) is 0.640. The molecular weight excluding hydrogens is 240 g/mol. The zero-order chi connectivity index (χ0) is 11.1. The first-order valence-corrected chi connectivity index (χ1v) is 6.41. The Labute approximate surface area is 108 Å². The van der Waals surface area contributed by atoms with Crippen LogP contribution in [0, 0.1) is 17.8 Å². The van der Waals surface area contributed by atoms with Gasteiger partial charge in [-0.3, -0.25) is 4.79 Å². The molecule has 0 spiro atoms. The van der Waals surface area contributed by atoms with Crippen LogP contribution < -0.4 is 5.73 Å². The van der Waals surface area contributed by atoms with Crippen LogP contribution in [0.4, 0.5) is 0 Å². The predicted molar refractivity (Wildman–Crippen MR) is 66.9 cm³/mol. The van der Waals surface area contributed by atoms with Crippen molar-refractivity contribution < 1.29 is 9.53 Å². The monoisotopic (exact) mass is 260 g/mol. The number of hydrogen-bond donors (Lipinski definition) is 1. The smallest absolute Gasteiger partial charge is 0.226 e. The maximum absolute atomic E-state index is 12.3. The third-order valence-corrected chi connectivity index (χ3v) is 4.41. The Morgan fingerprint density at radius 1 is 1.35 bits per heavy atom. The van der Waals surface area contributed by atoms with Gasteiger partial charge in [0.05, 0.1) is 12.7 Å². The van der Waals surface area contributed by atoms with Crippen LogP contribution in [0.1, 0.15) is 19.3 Å². The summed E-state index contributed by atoms with van der Waals surface area (Å²) in [7, 11) is 0. The minimum absolute atomic E-state index is 0. The fourth-order valence-electron chi connectivity index (χ4n) is 3.46. The number of ether oxygens (including phenoxy) is 1.